The molecule has 0 bridgehead atoms. The third kappa shape index (κ3) is 7.80. The zero-order valence-electron chi connectivity index (χ0n) is 17.6. The van der Waals surface area contributed by atoms with E-state index in [-0.39, 0.29) is 6.04 Å². The van der Waals surface area contributed by atoms with Crippen LogP contribution in [0.25, 0.3) is 0 Å². The molecule has 0 amide bonds. The lowest BCUT2D eigenvalue weighted by molar-refractivity contribution is -0.131. The second-order valence-electron chi connectivity index (χ2n) is 8.66. The number of rotatable bonds is 10. The standard InChI is InChI=1S/C16H37F3O4SSi2/c1-10-11-15(4,24(5,6)20)23-26(9,13-12-16(17,18)19)14(2,3)22-25(7,8)21/h20-21H,10-13H2,1-9H3. The molecule has 26 heavy (non-hydrogen) atoms. The van der Waals surface area contributed by atoms with Gasteiger partial charge in [-0.2, -0.15) is 13.2 Å². The quantitative estimate of drug-likeness (QED) is 0.435. The Morgan fingerprint density at radius 1 is 0.962 bits per heavy atom. The number of alkyl halides is 3. The third-order valence-corrected chi connectivity index (χ3v) is 13.4. The van der Waals surface area contributed by atoms with Gasteiger partial charge in [0.05, 0.1) is 5.22 Å². The highest BCUT2D eigenvalue weighted by molar-refractivity contribution is 8.29. The molecular formula is C16H37F3O4SSi2. The normalized spacial score (nSPS) is 19.8. The largest absolute Gasteiger partial charge is 0.411 e. The molecule has 2 unspecified atom stereocenters. The smallest absolute Gasteiger partial charge is 0.388 e. The summed E-state index contributed by atoms with van der Waals surface area (Å²) in [7, 11) is -8.38. The molecule has 0 heterocycles. The molecule has 0 aromatic heterocycles. The van der Waals surface area contributed by atoms with Gasteiger partial charge < -0.3 is 18.2 Å². The van der Waals surface area contributed by atoms with E-state index in [1.165, 1.54) is 0 Å². The first-order chi connectivity index (χ1) is 11.2. The second kappa shape index (κ2) is 8.42. The number of halogens is 3. The molecule has 0 spiro atoms. The highest BCUT2D eigenvalue weighted by Crippen LogP contribution is 2.55. The molecule has 0 radical (unpaired) electrons. The van der Waals surface area contributed by atoms with Crippen LogP contribution in [0.4, 0.5) is 13.2 Å². The van der Waals surface area contributed by atoms with Crippen molar-refractivity contribution in [2.24, 2.45) is 0 Å². The fourth-order valence-corrected chi connectivity index (χ4v) is 10.6. The lowest BCUT2D eigenvalue weighted by atomic mass is 10.2. The number of hydrogen-bond donors (Lipinski definition) is 2. The van der Waals surface area contributed by atoms with Gasteiger partial charge in [0.15, 0.2) is 0 Å². The maximum Gasteiger partial charge on any atom is 0.388 e. The Labute approximate surface area is 160 Å². The lowest BCUT2D eigenvalue weighted by Crippen LogP contribution is -2.63. The Hall–Kier alpha value is 0.414. The zero-order chi connectivity index (χ0) is 21.2. The SMILES string of the molecule is CCCC(C)(O[Si](C)(CCC(F)(F)F)C(C)(C)O[Si](C)(C)O)S(C)(C)O. The molecular weight excluding hydrogens is 401 g/mol. The minimum Gasteiger partial charge on any atom is -0.411 e. The van der Waals surface area contributed by atoms with Crippen molar-refractivity contribution >= 4 is 27.2 Å². The molecule has 0 aliphatic carbocycles. The van der Waals surface area contributed by atoms with Gasteiger partial charge in [-0.15, -0.1) is 10.3 Å². The Balaban J connectivity index is 5.99. The van der Waals surface area contributed by atoms with Gasteiger partial charge >= 0.3 is 14.7 Å². The van der Waals surface area contributed by atoms with Crippen LogP contribution in [0, 0.1) is 0 Å². The van der Waals surface area contributed by atoms with E-state index < -0.39 is 49.9 Å². The molecule has 0 saturated carbocycles. The van der Waals surface area contributed by atoms with E-state index in [9.17, 15) is 22.5 Å². The lowest BCUT2D eigenvalue weighted by Gasteiger charge is -2.53. The predicted octanol–water partition coefficient (Wildman–Crippen LogP) is 5.61. The summed E-state index contributed by atoms with van der Waals surface area (Å²) in [5.41, 5.74) is 0. The fraction of sp³-hybridized carbons (Fsp3) is 1.00. The minimum atomic E-state index is -4.30. The van der Waals surface area contributed by atoms with E-state index in [1.807, 2.05) is 6.92 Å². The molecule has 4 nitrogen and oxygen atoms in total. The van der Waals surface area contributed by atoms with Crippen LogP contribution in [0.15, 0.2) is 0 Å². The van der Waals surface area contributed by atoms with Gasteiger partial charge in [0, 0.05) is 6.42 Å². The van der Waals surface area contributed by atoms with Crippen molar-refractivity contribution in [2.75, 3.05) is 12.5 Å². The van der Waals surface area contributed by atoms with Crippen molar-refractivity contribution in [3.8, 4) is 0 Å². The van der Waals surface area contributed by atoms with Crippen LogP contribution in [-0.4, -0.2) is 55.1 Å². The minimum absolute atomic E-state index is 0.192. The summed E-state index contributed by atoms with van der Waals surface area (Å²) in [6.45, 7) is 12.0. The van der Waals surface area contributed by atoms with Crippen molar-refractivity contribution in [1.82, 2.24) is 0 Å². The molecule has 2 atom stereocenters. The molecule has 0 aromatic carbocycles. The zero-order valence-corrected chi connectivity index (χ0v) is 20.4. The first-order valence-electron chi connectivity index (χ1n) is 8.83. The third-order valence-electron chi connectivity index (χ3n) is 4.87. The van der Waals surface area contributed by atoms with E-state index >= 15 is 0 Å². The second-order valence-corrected chi connectivity index (χ2v) is 19.5. The molecule has 0 rings (SSSR count). The van der Waals surface area contributed by atoms with Crippen LogP contribution >= 0.6 is 10.3 Å². The average Bonchev–Trinajstić information content (AvgIpc) is 2.31. The van der Waals surface area contributed by atoms with Crippen LogP contribution in [0.5, 0.6) is 0 Å². The highest BCUT2D eigenvalue weighted by Gasteiger charge is 2.55. The van der Waals surface area contributed by atoms with E-state index in [4.69, 9.17) is 8.85 Å². The van der Waals surface area contributed by atoms with Crippen molar-refractivity contribution in [3.05, 3.63) is 0 Å². The molecule has 0 fully saturated rings. The molecule has 0 saturated heterocycles. The van der Waals surface area contributed by atoms with E-state index in [1.54, 1.807) is 52.9 Å². The van der Waals surface area contributed by atoms with Crippen LogP contribution in [0.3, 0.4) is 0 Å². The Kier molecular flexibility index (Phi) is 8.55. The average molecular weight is 439 g/mol. The van der Waals surface area contributed by atoms with Gasteiger partial charge in [-0.05, 0) is 65.4 Å². The van der Waals surface area contributed by atoms with Gasteiger partial charge in [-0.25, -0.2) is 0 Å². The highest BCUT2D eigenvalue weighted by atomic mass is 32.3. The van der Waals surface area contributed by atoms with Crippen molar-refractivity contribution < 1.29 is 31.4 Å². The Bertz CT molecular complexity index is 464. The van der Waals surface area contributed by atoms with Crippen LogP contribution in [-0.2, 0) is 8.85 Å². The number of hydrogen-bond acceptors (Lipinski definition) is 4. The Morgan fingerprint density at radius 3 is 1.73 bits per heavy atom. The molecule has 2 N–H and O–H groups in total. The van der Waals surface area contributed by atoms with Crippen molar-refractivity contribution in [1.29, 1.82) is 0 Å². The molecule has 160 valence electrons. The summed E-state index contributed by atoms with van der Waals surface area (Å²) in [6, 6.07) is -0.192. The summed E-state index contributed by atoms with van der Waals surface area (Å²) in [5.74, 6) is 0. The topological polar surface area (TPSA) is 58.9 Å². The molecule has 0 aliphatic heterocycles. The predicted molar refractivity (Wildman–Crippen MR) is 108 cm³/mol. The van der Waals surface area contributed by atoms with Crippen LogP contribution in [0.1, 0.15) is 47.0 Å². The van der Waals surface area contributed by atoms with Gasteiger partial charge in [-0.1, -0.05) is 13.3 Å². The maximum atomic E-state index is 13.0. The fourth-order valence-electron chi connectivity index (χ4n) is 2.92. The van der Waals surface area contributed by atoms with E-state index in [0.29, 0.717) is 6.42 Å². The van der Waals surface area contributed by atoms with Gasteiger partial charge in [0.1, 0.15) is 4.93 Å². The van der Waals surface area contributed by atoms with Gasteiger partial charge in [0.25, 0.3) is 0 Å². The summed E-state index contributed by atoms with van der Waals surface area (Å²) in [4.78, 5) is 9.29. The van der Waals surface area contributed by atoms with Gasteiger partial charge in [-0.3, -0.25) is 0 Å². The first kappa shape index (κ1) is 26.4. The van der Waals surface area contributed by atoms with E-state index in [2.05, 4.69) is 0 Å². The molecule has 10 heteroatoms. The monoisotopic (exact) mass is 438 g/mol. The Morgan fingerprint density at radius 2 is 1.42 bits per heavy atom. The summed E-state index contributed by atoms with van der Waals surface area (Å²) in [5, 5.41) is -1.04. The van der Waals surface area contributed by atoms with Crippen LogP contribution < -0.4 is 0 Å². The summed E-state index contributed by atoms with van der Waals surface area (Å²) in [6.07, 6.45) is -0.614. The van der Waals surface area contributed by atoms with Gasteiger partial charge in [0.2, 0.25) is 8.32 Å². The van der Waals surface area contributed by atoms with Crippen molar-refractivity contribution in [3.63, 3.8) is 0 Å². The molecule has 0 aromatic rings. The van der Waals surface area contributed by atoms with E-state index in [0.717, 1.165) is 6.42 Å². The summed E-state index contributed by atoms with van der Waals surface area (Å²) < 4.78 is 62.0. The first-order valence-corrected chi connectivity index (χ1v) is 16.7. The maximum absolute atomic E-state index is 13.0. The summed E-state index contributed by atoms with van der Waals surface area (Å²) >= 11 is 0. The molecule has 0 aliphatic rings. The van der Waals surface area contributed by atoms with Crippen LogP contribution in [0.2, 0.25) is 25.7 Å². The van der Waals surface area contributed by atoms with Crippen molar-refractivity contribution in [2.45, 2.75) is 89.0 Å².